The van der Waals surface area contributed by atoms with Gasteiger partial charge in [-0.05, 0) is 41.9 Å². The first kappa shape index (κ1) is 20.9. The van der Waals surface area contributed by atoms with E-state index >= 15 is 0 Å². The van der Waals surface area contributed by atoms with Crippen molar-refractivity contribution in [3.8, 4) is 0 Å². The van der Waals surface area contributed by atoms with E-state index in [1.165, 1.54) is 0 Å². The van der Waals surface area contributed by atoms with Gasteiger partial charge in [-0.2, -0.15) is 0 Å². The maximum Gasteiger partial charge on any atom is 0.150 e. The SMILES string of the molecule is CC(C)(C)C1CCS(=O)(=O)C1.CC(C)(C)C1CCS(=O)(=O)CC1. The molecule has 0 aromatic rings. The van der Waals surface area contributed by atoms with E-state index in [4.69, 9.17) is 0 Å². The third-order valence-electron chi connectivity index (χ3n) is 5.24. The summed E-state index contributed by atoms with van der Waals surface area (Å²) in [6.45, 7) is 12.9. The van der Waals surface area contributed by atoms with Crippen molar-refractivity contribution in [1.82, 2.24) is 0 Å². The van der Waals surface area contributed by atoms with Crippen LogP contribution < -0.4 is 0 Å². The second-order valence-corrected chi connectivity index (χ2v) is 13.8. The van der Waals surface area contributed by atoms with Crippen molar-refractivity contribution in [3.63, 3.8) is 0 Å². The van der Waals surface area contributed by atoms with Crippen LogP contribution in [0.25, 0.3) is 0 Å². The average molecular weight is 367 g/mol. The maximum absolute atomic E-state index is 11.1. The molecule has 1 atom stereocenters. The quantitative estimate of drug-likeness (QED) is 0.659. The van der Waals surface area contributed by atoms with Gasteiger partial charge in [0.05, 0.1) is 23.0 Å². The lowest BCUT2D eigenvalue weighted by molar-refractivity contribution is 0.222. The van der Waals surface area contributed by atoms with Crippen molar-refractivity contribution >= 4 is 19.7 Å². The molecule has 2 heterocycles. The molecule has 0 aromatic carbocycles. The first-order valence-electron chi connectivity index (χ1n) is 8.53. The molecule has 0 aromatic heterocycles. The molecular weight excluding hydrogens is 332 g/mol. The summed E-state index contributed by atoms with van der Waals surface area (Å²) >= 11 is 0. The molecule has 0 saturated carbocycles. The van der Waals surface area contributed by atoms with Crippen LogP contribution in [0.2, 0.25) is 0 Å². The predicted octanol–water partition coefficient (Wildman–Crippen LogP) is 3.32. The molecule has 2 rings (SSSR count). The molecule has 2 saturated heterocycles. The molecule has 0 amide bonds. The first-order valence-corrected chi connectivity index (χ1v) is 12.2. The summed E-state index contributed by atoms with van der Waals surface area (Å²) in [7, 11) is -5.35. The largest absolute Gasteiger partial charge is 0.229 e. The zero-order chi connectivity index (χ0) is 18.1. The van der Waals surface area contributed by atoms with E-state index in [2.05, 4.69) is 41.5 Å². The second-order valence-electron chi connectivity index (χ2n) is 9.26. The molecule has 2 aliphatic heterocycles. The minimum atomic E-state index is -2.68. The molecule has 2 fully saturated rings. The Morgan fingerprint density at radius 2 is 0.957 bits per heavy atom. The Morgan fingerprint density at radius 1 is 0.609 bits per heavy atom. The van der Waals surface area contributed by atoms with Gasteiger partial charge in [-0.15, -0.1) is 0 Å². The van der Waals surface area contributed by atoms with E-state index in [9.17, 15) is 16.8 Å². The maximum atomic E-state index is 11.1. The van der Waals surface area contributed by atoms with Crippen molar-refractivity contribution in [2.75, 3.05) is 23.0 Å². The highest BCUT2D eigenvalue weighted by Gasteiger charge is 2.35. The van der Waals surface area contributed by atoms with E-state index in [1.54, 1.807) is 0 Å². The molecule has 4 nitrogen and oxygen atoms in total. The fourth-order valence-electron chi connectivity index (χ4n) is 3.23. The fraction of sp³-hybridized carbons (Fsp3) is 1.00. The van der Waals surface area contributed by atoms with E-state index < -0.39 is 19.7 Å². The van der Waals surface area contributed by atoms with Crippen LogP contribution in [0.4, 0.5) is 0 Å². The van der Waals surface area contributed by atoms with Crippen LogP contribution in [-0.4, -0.2) is 39.8 Å². The Bertz CT molecular complexity index is 575. The highest BCUT2D eigenvalue weighted by atomic mass is 32.2. The number of hydrogen-bond acceptors (Lipinski definition) is 4. The molecule has 1 unspecified atom stereocenters. The number of hydrogen-bond donors (Lipinski definition) is 0. The number of sulfone groups is 2. The summed E-state index contributed by atoms with van der Waals surface area (Å²) in [6.07, 6.45) is 2.56. The summed E-state index contributed by atoms with van der Waals surface area (Å²) in [5.74, 6) is 2.54. The van der Waals surface area contributed by atoms with Crippen LogP contribution in [0, 0.1) is 22.7 Å². The monoisotopic (exact) mass is 366 g/mol. The van der Waals surface area contributed by atoms with E-state index in [0.29, 0.717) is 34.8 Å². The van der Waals surface area contributed by atoms with Crippen molar-refractivity contribution in [3.05, 3.63) is 0 Å². The van der Waals surface area contributed by atoms with Gasteiger partial charge in [-0.25, -0.2) is 16.8 Å². The van der Waals surface area contributed by atoms with Crippen molar-refractivity contribution < 1.29 is 16.8 Å². The van der Waals surface area contributed by atoms with E-state index in [-0.39, 0.29) is 10.8 Å². The van der Waals surface area contributed by atoms with Crippen LogP contribution in [0.15, 0.2) is 0 Å². The molecule has 23 heavy (non-hydrogen) atoms. The smallest absolute Gasteiger partial charge is 0.150 e. The van der Waals surface area contributed by atoms with Crippen LogP contribution >= 0.6 is 0 Å². The standard InChI is InChI=1S/C9H18O2S.C8H16O2S/c1-9(2,3)8-4-6-12(10,11)7-5-8;1-8(2,3)7-4-5-11(9,10)6-7/h8H,4-7H2,1-3H3;7H,4-6H2,1-3H3. The summed E-state index contributed by atoms with van der Waals surface area (Å²) < 4.78 is 44.4. The summed E-state index contributed by atoms with van der Waals surface area (Å²) in [6, 6.07) is 0. The van der Waals surface area contributed by atoms with Crippen LogP contribution in [0.3, 0.4) is 0 Å². The first-order chi connectivity index (χ1) is 10.1. The molecule has 0 aliphatic carbocycles. The second kappa shape index (κ2) is 7.03. The lowest BCUT2D eigenvalue weighted by atomic mass is 9.77. The average Bonchev–Trinajstić information content (AvgIpc) is 2.68. The lowest BCUT2D eigenvalue weighted by Gasteiger charge is -2.33. The third kappa shape index (κ3) is 7.12. The topological polar surface area (TPSA) is 68.3 Å². The molecule has 0 bridgehead atoms. The molecule has 0 N–H and O–H groups in total. The summed E-state index contributed by atoms with van der Waals surface area (Å²) in [5, 5.41) is 0. The van der Waals surface area contributed by atoms with Gasteiger partial charge in [0.2, 0.25) is 0 Å². The van der Waals surface area contributed by atoms with Crippen molar-refractivity contribution in [2.24, 2.45) is 22.7 Å². The van der Waals surface area contributed by atoms with Crippen molar-refractivity contribution in [2.45, 2.75) is 60.8 Å². The molecule has 0 spiro atoms. The highest BCUT2D eigenvalue weighted by Crippen LogP contribution is 2.35. The van der Waals surface area contributed by atoms with Crippen molar-refractivity contribution in [1.29, 1.82) is 0 Å². The summed E-state index contributed by atoms with van der Waals surface area (Å²) in [4.78, 5) is 0. The Hall–Kier alpha value is -0.100. The fourth-order valence-corrected chi connectivity index (χ4v) is 6.82. The zero-order valence-corrected chi connectivity index (χ0v) is 17.2. The van der Waals surface area contributed by atoms with E-state index in [1.807, 2.05) is 0 Å². The minimum Gasteiger partial charge on any atom is -0.229 e. The van der Waals surface area contributed by atoms with Crippen LogP contribution in [0.5, 0.6) is 0 Å². The molecule has 2 aliphatic rings. The Balaban J connectivity index is 0.000000231. The lowest BCUT2D eigenvalue weighted by Crippen LogP contribution is -2.31. The van der Waals surface area contributed by atoms with Gasteiger partial charge in [0, 0.05) is 0 Å². The normalized spacial score (nSPS) is 28.0. The Labute approximate surface area is 143 Å². The highest BCUT2D eigenvalue weighted by molar-refractivity contribution is 7.91. The Kier molecular flexibility index (Phi) is 6.40. The molecule has 138 valence electrons. The van der Waals surface area contributed by atoms with Gasteiger partial charge in [0.15, 0.2) is 9.84 Å². The zero-order valence-electron chi connectivity index (χ0n) is 15.6. The number of rotatable bonds is 0. The summed E-state index contributed by atoms with van der Waals surface area (Å²) in [5.41, 5.74) is 0.430. The molecule has 0 radical (unpaired) electrons. The Morgan fingerprint density at radius 3 is 1.22 bits per heavy atom. The van der Waals surface area contributed by atoms with Gasteiger partial charge in [0.25, 0.3) is 0 Å². The predicted molar refractivity (Wildman–Crippen MR) is 97.0 cm³/mol. The van der Waals surface area contributed by atoms with Crippen LogP contribution in [-0.2, 0) is 19.7 Å². The minimum absolute atomic E-state index is 0.156. The molecular formula is C17H34O4S2. The van der Waals surface area contributed by atoms with E-state index in [0.717, 1.165) is 19.3 Å². The van der Waals surface area contributed by atoms with Gasteiger partial charge >= 0.3 is 0 Å². The van der Waals surface area contributed by atoms with Gasteiger partial charge in [-0.1, -0.05) is 41.5 Å². The van der Waals surface area contributed by atoms with Gasteiger partial charge in [0.1, 0.15) is 9.84 Å². The van der Waals surface area contributed by atoms with Crippen LogP contribution in [0.1, 0.15) is 60.8 Å². The third-order valence-corrected chi connectivity index (χ3v) is 8.72. The van der Waals surface area contributed by atoms with Gasteiger partial charge in [-0.3, -0.25) is 0 Å². The molecule has 6 heteroatoms. The van der Waals surface area contributed by atoms with Gasteiger partial charge < -0.3 is 0 Å².